The number of rotatable bonds is 7. The second-order valence-corrected chi connectivity index (χ2v) is 5.06. The van der Waals surface area contributed by atoms with Gasteiger partial charge in [0.25, 0.3) is 0 Å². The Hall–Kier alpha value is -2.18. The van der Waals surface area contributed by atoms with E-state index in [-0.39, 0.29) is 24.8 Å². The lowest BCUT2D eigenvalue weighted by atomic mass is 10.1. The summed E-state index contributed by atoms with van der Waals surface area (Å²) < 4.78 is 0. The summed E-state index contributed by atoms with van der Waals surface area (Å²) in [6.45, 7) is 5.31. The van der Waals surface area contributed by atoms with Crippen molar-refractivity contribution in [2.45, 2.75) is 52.5 Å². The summed E-state index contributed by atoms with van der Waals surface area (Å²) in [4.78, 5) is 40.3. The molecule has 0 bridgehead atoms. The zero-order valence-electron chi connectivity index (χ0n) is 12.5. The summed E-state index contributed by atoms with van der Waals surface area (Å²) in [5, 5.41) is 11.6. The van der Waals surface area contributed by atoms with Gasteiger partial charge in [-0.1, -0.05) is 13.3 Å². The van der Waals surface area contributed by atoms with Crippen LogP contribution >= 0.6 is 0 Å². The molecule has 7 heteroatoms. The Morgan fingerprint density at radius 1 is 1.38 bits per heavy atom. The molecule has 1 aromatic rings. The Bertz CT molecular complexity index is 554. The number of carboxylic acids is 1. The maximum atomic E-state index is 12.0. The minimum Gasteiger partial charge on any atom is -0.481 e. The van der Waals surface area contributed by atoms with Gasteiger partial charge in [-0.05, 0) is 20.3 Å². The number of amides is 1. The molecule has 0 aromatic carbocycles. The first-order valence-electron chi connectivity index (χ1n) is 6.91. The van der Waals surface area contributed by atoms with Gasteiger partial charge >= 0.3 is 11.7 Å². The van der Waals surface area contributed by atoms with E-state index < -0.39 is 11.7 Å². The Balaban J connectivity index is 2.76. The monoisotopic (exact) mass is 295 g/mol. The first kappa shape index (κ1) is 16.9. The molecule has 0 fully saturated rings. The molecule has 0 spiro atoms. The van der Waals surface area contributed by atoms with E-state index in [2.05, 4.69) is 15.3 Å². The summed E-state index contributed by atoms with van der Waals surface area (Å²) in [5.41, 5.74) is 1.34. The number of carbonyl (C=O) groups is 2. The highest BCUT2D eigenvalue weighted by Gasteiger charge is 2.17. The molecular weight excluding hydrogens is 274 g/mol. The fourth-order valence-corrected chi connectivity index (χ4v) is 2.24. The van der Waals surface area contributed by atoms with E-state index in [0.29, 0.717) is 23.4 Å². The minimum atomic E-state index is -0.938. The SMILES string of the molecule is CCCC(CC(=O)O)NC(=O)Cc1c(C)nc(=O)[nH]c1C. The van der Waals surface area contributed by atoms with E-state index in [0.717, 1.165) is 6.42 Å². The van der Waals surface area contributed by atoms with Crippen molar-refractivity contribution in [2.24, 2.45) is 0 Å². The highest BCUT2D eigenvalue weighted by molar-refractivity contribution is 5.80. The van der Waals surface area contributed by atoms with Crippen molar-refractivity contribution in [1.29, 1.82) is 0 Å². The number of carboxylic acid groups (broad SMARTS) is 1. The van der Waals surface area contributed by atoms with Crippen LogP contribution in [0.3, 0.4) is 0 Å². The molecule has 1 atom stereocenters. The Morgan fingerprint density at radius 3 is 2.57 bits per heavy atom. The van der Waals surface area contributed by atoms with Crippen molar-refractivity contribution in [3.05, 3.63) is 27.4 Å². The van der Waals surface area contributed by atoms with Gasteiger partial charge in [-0.3, -0.25) is 9.59 Å². The van der Waals surface area contributed by atoms with Crippen molar-refractivity contribution < 1.29 is 14.7 Å². The quantitative estimate of drug-likeness (QED) is 0.685. The number of hydrogen-bond donors (Lipinski definition) is 3. The van der Waals surface area contributed by atoms with Crippen LogP contribution in [0.15, 0.2) is 4.79 Å². The highest BCUT2D eigenvalue weighted by atomic mass is 16.4. The average Bonchev–Trinajstić information content (AvgIpc) is 2.33. The van der Waals surface area contributed by atoms with Crippen LogP contribution in [0.1, 0.15) is 43.1 Å². The molecule has 1 rings (SSSR count). The standard InChI is InChI=1S/C14H21N3O4/c1-4-5-10(6-13(19)20)17-12(18)7-11-8(2)15-14(21)16-9(11)3/h10H,4-7H2,1-3H3,(H,17,18)(H,19,20)(H,15,16,21). The van der Waals surface area contributed by atoms with Gasteiger partial charge in [0.15, 0.2) is 0 Å². The zero-order valence-corrected chi connectivity index (χ0v) is 12.5. The van der Waals surface area contributed by atoms with Gasteiger partial charge in [-0.2, -0.15) is 4.98 Å². The number of aromatic amines is 1. The first-order valence-corrected chi connectivity index (χ1v) is 6.91. The van der Waals surface area contributed by atoms with Crippen molar-refractivity contribution in [3.63, 3.8) is 0 Å². The van der Waals surface area contributed by atoms with E-state index in [4.69, 9.17) is 5.11 Å². The predicted molar refractivity (Wildman–Crippen MR) is 77.1 cm³/mol. The van der Waals surface area contributed by atoms with Crippen molar-refractivity contribution in [1.82, 2.24) is 15.3 Å². The van der Waals surface area contributed by atoms with Gasteiger partial charge in [0.2, 0.25) is 5.91 Å². The Morgan fingerprint density at radius 2 is 2.05 bits per heavy atom. The maximum absolute atomic E-state index is 12.0. The molecule has 1 amide bonds. The van der Waals surface area contributed by atoms with E-state index in [9.17, 15) is 14.4 Å². The Kier molecular flexibility index (Phi) is 6.08. The van der Waals surface area contributed by atoms with Gasteiger partial charge in [0, 0.05) is 23.0 Å². The van der Waals surface area contributed by atoms with Crippen LogP contribution in [-0.4, -0.2) is 33.0 Å². The normalized spacial score (nSPS) is 12.0. The Labute approximate surface area is 122 Å². The smallest absolute Gasteiger partial charge is 0.345 e. The first-order chi connectivity index (χ1) is 9.83. The van der Waals surface area contributed by atoms with E-state index >= 15 is 0 Å². The minimum absolute atomic E-state index is 0.0707. The molecular formula is C14H21N3O4. The molecule has 0 aliphatic rings. The van der Waals surface area contributed by atoms with Crippen LogP contribution < -0.4 is 11.0 Å². The summed E-state index contributed by atoms with van der Waals surface area (Å²) in [6, 6.07) is -0.378. The number of H-pyrrole nitrogens is 1. The number of nitrogens with one attached hydrogen (secondary N) is 2. The second kappa shape index (κ2) is 7.56. The van der Waals surface area contributed by atoms with Crippen molar-refractivity contribution in [2.75, 3.05) is 0 Å². The van der Waals surface area contributed by atoms with Crippen LogP contribution in [0.2, 0.25) is 0 Å². The van der Waals surface area contributed by atoms with Gasteiger partial charge in [0.1, 0.15) is 0 Å². The van der Waals surface area contributed by atoms with Gasteiger partial charge in [0.05, 0.1) is 12.8 Å². The largest absolute Gasteiger partial charge is 0.481 e. The van der Waals surface area contributed by atoms with Crippen LogP contribution in [-0.2, 0) is 16.0 Å². The zero-order chi connectivity index (χ0) is 16.0. The van der Waals surface area contributed by atoms with E-state index in [1.165, 1.54) is 0 Å². The third-order valence-corrected chi connectivity index (χ3v) is 3.21. The molecule has 1 heterocycles. The number of carbonyl (C=O) groups excluding carboxylic acids is 1. The van der Waals surface area contributed by atoms with Crippen molar-refractivity contribution >= 4 is 11.9 Å². The number of nitrogens with zero attached hydrogens (tertiary/aromatic N) is 1. The molecule has 3 N–H and O–H groups in total. The lowest BCUT2D eigenvalue weighted by molar-refractivity contribution is -0.137. The number of hydrogen-bond acceptors (Lipinski definition) is 4. The molecule has 1 unspecified atom stereocenters. The average molecular weight is 295 g/mol. The third kappa shape index (κ3) is 5.37. The summed E-state index contributed by atoms with van der Waals surface area (Å²) >= 11 is 0. The van der Waals surface area contributed by atoms with E-state index in [1.54, 1.807) is 13.8 Å². The fraction of sp³-hybridized carbons (Fsp3) is 0.571. The summed E-state index contributed by atoms with van der Waals surface area (Å²) in [6.07, 6.45) is 1.37. The van der Waals surface area contributed by atoms with Gasteiger partial charge < -0.3 is 15.4 Å². The molecule has 0 saturated carbocycles. The summed E-state index contributed by atoms with van der Waals surface area (Å²) in [7, 11) is 0. The third-order valence-electron chi connectivity index (χ3n) is 3.21. The number of aromatic nitrogens is 2. The van der Waals surface area contributed by atoms with Crippen molar-refractivity contribution in [3.8, 4) is 0 Å². The van der Waals surface area contributed by atoms with Crippen LogP contribution in [0.4, 0.5) is 0 Å². The van der Waals surface area contributed by atoms with Crippen LogP contribution in [0, 0.1) is 13.8 Å². The summed E-state index contributed by atoms with van der Waals surface area (Å²) in [5.74, 6) is -1.21. The number of aryl methyl sites for hydroxylation is 2. The number of aliphatic carboxylic acids is 1. The lowest BCUT2D eigenvalue weighted by Crippen LogP contribution is -2.37. The molecule has 116 valence electrons. The molecule has 21 heavy (non-hydrogen) atoms. The van der Waals surface area contributed by atoms with Crippen LogP contribution in [0.25, 0.3) is 0 Å². The molecule has 0 radical (unpaired) electrons. The highest BCUT2D eigenvalue weighted by Crippen LogP contribution is 2.09. The lowest BCUT2D eigenvalue weighted by Gasteiger charge is -2.17. The van der Waals surface area contributed by atoms with Gasteiger partial charge in [-0.25, -0.2) is 4.79 Å². The molecule has 0 saturated heterocycles. The topological polar surface area (TPSA) is 112 Å². The molecule has 0 aliphatic heterocycles. The van der Waals surface area contributed by atoms with Gasteiger partial charge in [-0.15, -0.1) is 0 Å². The van der Waals surface area contributed by atoms with Crippen LogP contribution in [0.5, 0.6) is 0 Å². The molecule has 0 aliphatic carbocycles. The fourth-order valence-electron chi connectivity index (χ4n) is 2.24. The molecule has 7 nitrogen and oxygen atoms in total. The molecule has 1 aromatic heterocycles. The predicted octanol–water partition coefficient (Wildman–Crippen LogP) is 0.689. The van der Waals surface area contributed by atoms with E-state index in [1.807, 2.05) is 6.92 Å². The second-order valence-electron chi connectivity index (χ2n) is 5.06. The maximum Gasteiger partial charge on any atom is 0.345 e.